The predicted octanol–water partition coefficient (Wildman–Crippen LogP) is 4.38. The Kier molecular flexibility index (Phi) is 7.62. The van der Waals surface area contributed by atoms with Gasteiger partial charge in [-0.15, -0.1) is 0 Å². The highest BCUT2D eigenvalue weighted by atomic mass is 35.5. The van der Waals surface area contributed by atoms with E-state index in [0.29, 0.717) is 22.2 Å². The van der Waals surface area contributed by atoms with Gasteiger partial charge >= 0.3 is 5.97 Å². The third-order valence-corrected chi connectivity index (χ3v) is 4.90. The molecule has 0 heterocycles. The van der Waals surface area contributed by atoms with Crippen LogP contribution in [-0.2, 0) is 9.53 Å². The van der Waals surface area contributed by atoms with Crippen LogP contribution in [0.3, 0.4) is 0 Å². The molecule has 0 bridgehead atoms. The zero-order valence-corrected chi connectivity index (χ0v) is 15.0. The fourth-order valence-electron chi connectivity index (χ4n) is 1.54. The van der Waals surface area contributed by atoms with Crippen molar-refractivity contribution in [1.29, 1.82) is 0 Å². The van der Waals surface area contributed by atoms with Gasteiger partial charge in [0, 0.05) is 22.0 Å². The molecule has 0 spiro atoms. The summed E-state index contributed by atoms with van der Waals surface area (Å²) in [4.78, 5) is 23.5. The molecule has 0 radical (unpaired) electrons. The fraction of sp³-hybridized carbons (Fsp3) is 0.357. The number of thioether (sulfide) groups is 1. The van der Waals surface area contributed by atoms with Crippen LogP contribution in [0.2, 0.25) is 10.0 Å². The first kappa shape index (κ1) is 19.2. The Morgan fingerprint density at radius 1 is 1.36 bits per heavy atom. The number of thiocarbonyl (C=S) groups is 1. The van der Waals surface area contributed by atoms with Crippen molar-refractivity contribution in [2.45, 2.75) is 25.5 Å². The summed E-state index contributed by atoms with van der Waals surface area (Å²) in [7, 11) is 0. The summed E-state index contributed by atoms with van der Waals surface area (Å²) >= 11 is 17.7. The minimum Gasteiger partial charge on any atom is -0.480 e. The van der Waals surface area contributed by atoms with Gasteiger partial charge < -0.3 is 9.84 Å². The summed E-state index contributed by atoms with van der Waals surface area (Å²) in [5.74, 6) is -1.51. The van der Waals surface area contributed by atoms with Crippen LogP contribution in [0.15, 0.2) is 12.1 Å². The van der Waals surface area contributed by atoms with E-state index in [4.69, 9.17) is 40.2 Å². The molecule has 1 aromatic rings. The highest BCUT2D eigenvalue weighted by Crippen LogP contribution is 2.27. The SMILES string of the molecule is CCOC(=S)SC(CC(=O)c1cc(Cl)c(C)c(Cl)c1)C(=O)O. The third kappa shape index (κ3) is 5.43. The number of carbonyl (C=O) groups excluding carboxylic acids is 1. The Labute approximate surface area is 148 Å². The highest BCUT2D eigenvalue weighted by Gasteiger charge is 2.25. The van der Waals surface area contributed by atoms with E-state index in [1.54, 1.807) is 13.8 Å². The van der Waals surface area contributed by atoms with Gasteiger partial charge in [0.25, 0.3) is 0 Å². The van der Waals surface area contributed by atoms with E-state index in [1.807, 2.05) is 0 Å². The predicted molar refractivity (Wildman–Crippen MR) is 93.4 cm³/mol. The number of carbonyl (C=O) groups is 2. The Morgan fingerprint density at radius 3 is 2.36 bits per heavy atom. The smallest absolute Gasteiger partial charge is 0.317 e. The van der Waals surface area contributed by atoms with Gasteiger partial charge in [0.2, 0.25) is 4.38 Å². The number of ketones is 1. The molecule has 120 valence electrons. The lowest BCUT2D eigenvalue weighted by Gasteiger charge is -2.12. The van der Waals surface area contributed by atoms with Gasteiger partial charge in [-0.2, -0.15) is 0 Å². The molecule has 0 aromatic heterocycles. The molecule has 0 saturated carbocycles. The molecule has 1 unspecified atom stereocenters. The molecular formula is C14H14Cl2O4S2. The second-order valence-electron chi connectivity index (χ2n) is 4.32. The van der Waals surface area contributed by atoms with Crippen LogP contribution in [0.1, 0.15) is 29.3 Å². The number of hydrogen-bond acceptors (Lipinski definition) is 5. The molecule has 0 fully saturated rings. The van der Waals surface area contributed by atoms with Crippen molar-refractivity contribution in [2.75, 3.05) is 6.61 Å². The molecule has 0 saturated heterocycles. The summed E-state index contributed by atoms with van der Waals surface area (Å²) < 4.78 is 5.14. The molecule has 1 N–H and O–H groups in total. The quantitative estimate of drug-likeness (QED) is 0.583. The number of Topliss-reactive ketones (excluding diaryl/α,β-unsaturated/α-hetero) is 1. The lowest BCUT2D eigenvalue weighted by atomic mass is 10.0. The van der Waals surface area contributed by atoms with Crippen molar-refractivity contribution < 1.29 is 19.4 Å². The molecule has 0 aliphatic heterocycles. The molecule has 0 aliphatic carbocycles. The summed E-state index contributed by atoms with van der Waals surface area (Å²) in [5, 5.41) is 8.90. The summed E-state index contributed by atoms with van der Waals surface area (Å²) in [6.45, 7) is 3.81. The van der Waals surface area contributed by atoms with Crippen molar-refractivity contribution >= 4 is 63.3 Å². The van der Waals surface area contributed by atoms with E-state index < -0.39 is 11.2 Å². The largest absolute Gasteiger partial charge is 0.480 e. The summed E-state index contributed by atoms with van der Waals surface area (Å²) in [6.07, 6.45) is -0.233. The maximum atomic E-state index is 12.2. The van der Waals surface area contributed by atoms with Gasteiger partial charge in [-0.05, 0) is 43.8 Å². The number of carboxylic acids is 1. The Bertz CT molecular complexity index is 582. The fourth-order valence-corrected chi connectivity index (χ4v) is 3.25. The van der Waals surface area contributed by atoms with Crippen molar-refractivity contribution in [3.8, 4) is 0 Å². The number of benzene rings is 1. The normalized spacial score (nSPS) is 11.8. The van der Waals surface area contributed by atoms with Gasteiger partial charge in [0.1, 0.15) is 5.25 Å². The number of aliphatic carboxylic acids is 1. The van der Waals surface area contributed by atoms with E-state index in [2.05, 4.69) is 0 Å². The number of halogens is 2. The van der Waals surface area contributed by atoms with Gasteiger partial charge in [-0.3, -0.25) is 9.59 Å². The van der Waals surface area contributed by atoms with E-state index in [0.717, 1.165) is 11.8 Å². The van der Waals surface area contributed by atoms with Crippen molar-refractivity contribution in [3.63, 3.8) is 0 Å². The van der Waals surface area contributed by atoms with Crippen LogP contribution >= 0.6 is 47.2 Å². The van der Waals surface area contributed by atoms with E-state index in [-0.39, 0.29) is 22.2 Å². The number of hydrogen-bond donors (Lipinski definition) is 1. The highest BCUT2D eigenvalue weighted by molar-refractivity contribution is 8.23. The standard InChI is InChI=1S/C14H14Cl2O4S2/c1-3-20-14(21)22-12(13(18)19)6-11(17)8-4-9(15)7(2)10(16)5-8/h4-5,12H,3,6H2,1-2H3,(H,18,19). The molecular weight excluding hydrogens is 367 g/mol. The minimum absolute atomic E-state index is 0.0997. The van der Waals surface area contributed by atoms with Crippen LogP contribution in [0, 0.1) is 6.92 Å². The average molecular weight is 381 g/mol. The van der Waals surface area contributed by atoms with Crippen LogP contribution in [0.4, 0.5) is 0 Å². The minimum atomic E-state index is -1.13. The molecule has 1 atom stereocenters. The molecule has 8 heteroatoms. The Morgan fingerprint density at radius 2 is 1.91 bits per heavy atom. The lowest BCUT2D eigenvalue weighted by Crippen LogP contribution is -2.22. The number of carboxylic acid groups (broad SMARTS) is 1. The van der Waals surface area contributed by atoms with Gasteiger partial charge in [0.05, 0.1) is 6.61 Å². The molecule has 1 rings (SSSR count). The maximum absolute atomic E-state index is 12.2. The van der Waals surface area contributed by atoms with Crippen molar-refractivity contribution in [1.82, 2.24) is 0 Å². The van der Waals surface area contributed by atoms with E-state index in [1.165, 1.54) is 12.1 Å². The average Bonchev–Trinajstić information content (AvgIpc) is 2.43. The second kappa shape index (κ2) is 8.72. The second-order valence-corrected chi connectivity index (χ2v) is 6.94. The number of ether oxygens (including phenoxy) is 1. The number of rotatable bonds is 6. The van der Waals surface area contributed by atoms with Crippen LogP contribution in [0.25, 0.3) is 0 Å². The Balaban J connectivity index is 2.88. The molecule has 4 nitrogen and oxygen atoms in total. The van der Waals surface area contributed by atoms with Crippen LogP contribution in [-0.4, -0.2) is 33.1 Å². The van der Waals surface area contributed by atoms with Gasteiger partial charge in [-0.25, -0.2) is 0 Å². The first-order valence-electron chi connectivity index (χ1n) is 6.31. The first-order valence-corrected chi connectivity index (χ1v) is 8.35. The monoisotopic (exact) mass is 380 g/mol. The third-order valence-electron chi connectivity index (χ3n) is 2.75. The Hall–Kier alpha value is -0.820. The first-order chi connectivity index (χ1) is 10.3. The zero-order chi connectivity index (χ0) is 16.9. The lowest BCUT2D eigenvalue weighted by molar-refractivity contribution is -0.136. The maximum Gasteiger partial charge on any atom is 0.317 e. The summed E-state index contributed by atoms with van der Waals surface area (Å²) in [6, 6.07) is 2.96. The zero-order valence-electron chi connectivity index (χ0n) is 11.9. The molecule has 0 amide bonds. The molecule has 1 aromatic carbocycles. The van der Waals surface area contributed by atoms with Crippen LogP contribution in [0.5, 0.6) is 0 Å². The van der Waals surface area contributed by atoms with Gasteiger partial charge in [-0.1, -0.05) is 35.0 Å². The van der Waals surface area contributed by atoms with Crippen molar-refractivity contribution in [2.24, 2.45) is 0 Å². The van der Waals surface area contributed by atoms with Crippen LogP contribution < -0.4 is 0 Å². The summed E-state index contributed by atoms with van der Waals surface area (Å²) in [5.41, 5.74) is 0.941. The van der Waals surface area contributed by atoms with E-state index >= 15 is 0 Å². The molecule has 22 heavy (non-hydrogen) atoms. The topological polar surface area (TPSA) is 63.6 Å². The van der Waals surface area contributed by atoms with Gasteiger partial charge in [0.15, 0.2) is 5.78 Å². The van der Waals surface area contributed by atoms with E-state index in [9.17, 15) is 14.7 Å². The molecule has 0 aliphatic rings. The van der Waals surface area contributed by atoms with Crippen molar-refractivity contribution in [3.05, 3.63) is 33.3 Å².